The molecule has 3 N–H and O–H groups in total. The number of hydrogen-bond acceptors (Lipinski definition) is 4. The fourth-order valence-corrected chi connectivity index (χ4v) is 2.47. The molecule has 0 amide bonds. The molecule has 4 nitrogen and oxygen atoms in total. The van der Waals surface area contributed by atoms with Crippen LogP contribution in [0.15, 0.2) is 18.2 Å². The van der Waals surface area contributed by atoms with E-state index >= 15 is 0 Å². The van der Waals surface area contributed by atoms with Crippen molar-refractivity contribution in [3.05, 3.63) is 23.8 Å². The van der Waals surface area contributed by atoms with E-state index in [1.165, 1.54) is 0 Å². The SMILES string of the molecule is CCN(c1ccc(C(C)N)c(O)c1)C(C)CN(C)C. The molecule has 108 valence electrons. The van der Waals surface area contributed by atoms with Crippen LogP contribution in [0.4, 0.5) is 5.69 Å². The molecule has 1 aromatic carbocycles. The zero-order valence-corrected chi connectivity index (χ0v) is 12.7. The summed E-state index contributed by atoms with van der Waals surface area (Å²) < 4.78 is 0. The topological polar surface area (TPSA) is 52.7 Å². The Morgan fingerprint density at radius 3 is 2.32 bits per heavy atom. The maximum absolute atomic E-state index is 10.1. The first-order valence-corrected chi connectivity index (χ1v) is 6.86. The molecule has 0 saturated carbocycles. The minimum Gasteiger partial charge on any atom is -0.508 e. The fourth-order valence-electron chi connectivity index (χ4n) is 2.47. The number of phenols is 1. The summed E-state index contributed by atoms with van der Waals surface area (Å²) in [5.74, 6) is 0.281. The lowest BCUT2D eigenvalue weighted by Crippen LogP contribution is -2.40. The van der Waals surface area contributed by atoms with Crippen molar-refractivity contribution in [3.63, 3.8) is 0 Å². The summed E-state index contributed by atoms with van der Waals surface area (Å²) >= 11 is 0. The molecule has 2 unspecified atom stereocenters. The lowest BCUT2D eigenvalue weighted by molar-refractivity contribution is 0.372. The molecule has 0 aliphatic heterocycles. The van der Waals surface area contributed by atoms with Crippen molar-refractivity contribution in [2.75, 3.05) is 32.1 Å². The summed E-state index contributed by atoms with van der Waals surface area (Å²) in [7, 11) is 4.14. The minimum atomic E-state index is -0.150. The zero-order valence-electron chi connectivity index (χ0n) is 12.7. The van der Waals surface area contributed by atoms with E-state index in [9.17, 15) is 5.11 Å². The quantitative estimate of drug-likeness (QED) is 0.828. The van der Waals surface area contributed by atoms with Crippen molar-refractivity contribution in [1.29, 1.82) is 0 Å². The Morgan fingerprint density at radius 2 is 1.89 bits per heavy atom. The number of nitrogens with two attached hydrogens (primary N) is 1. The molecule has 0 aromatic heterocycles. The summed E-state index contributed by atoms with van der Waals surface area (Å²) in [5.41, 5.74) is 7.65. The number of rotatable bonds is 6. The van der Waals surface area contributed by atoms with Gasteiger partial charge in [-0.2, -0.15) is 0 Å². The van der Waals surface area contributed by atoms with Gasteiger partial charge in [0.2, 0.25) is 0 Å². The van der Waals surface area contributed by atoms with E-state index in [-0.39, 0.29) is 11.8 Å². The Bertz CT molecular complexity index is 404. The van der Waals surface area contributed by atoms with Crippen molar-refractivity contribution in [3.8, 4) is 5.75 Å². The Labute approximate surface area is 116 Å². The molecule has 0 saturated heterocycles. The molecule has 0 bridgehead atoms. The first kappa shape index (κ1) is 15.8. The van der Waals surface area contributed by atoms with Crippen molar-refractivity contribution in [1.82, 2.24) is 4.90 Å². The first-order chi connectivity index (χ1) is 8.86. The first-order valence-electron chi connectivity index (χ1n) is 6.86. The van der Waals surface area contributed by atoms with Crippen LogP contribution in [-0.2, 0) is 0 Å². The third-order valence-electron chi connectivity index (χ3n) is 3.34. The minimum absolute atomic E-state index is 0.150. The molecular formula is C15H27N3O. The molecule has 19 heavy (non-hydrogen) atoms. The van der Waals surface area contributed by atoms with Gasteiger partial charge in [0.25, 0.3) is 0 Å². The van der Waals surface area contributed by atoms with Gasteiger partial charge in [0, 0.05) is 42.5 Å². The van der Waals surface area contributed by atoms with Gasteiger partial charge in [-0.25, -0.2) is 0 Å². The summed E-state index contributed by atoms with van der Waals surface area (Å²) in [4.78, 5) is 4.45. The number of benzene rings is 1. The molecule has 2 atom stereocenters. The number of hydrogen-bond donors (Lipinski definition) is 2. The summed E-state index contributed by atoms with van der Waals surface area (Å²) in [6.45, 7) is 8.08. The smallest absolute Gasteiger partial charge is 0.122 e. The largest absolute Gasteiger partial charge is 0.508 e. The predicted octanol–water partition coefficient (Wildman–Crippen LogP) is 2.19. The van der Waals surface area contributed by atoms with Gasteiger partial charge >= 0.3 is 0 Å². The normalized spacial score (nSPS) is 14.5. The van der Waals surface area contributed by atoms with Crippen LogP contribution in [0.25, 0.3) is 0 Å². The van der Waals surface area contributed by atoms with Gasteiger partial charge in [-0.3, -0.25) is 0 Å². The average Bonchev–Trinajstić information content (AvgIpc) is 2.28. The van der Waals surface area contributed by atoms with Crippen molar-refractivity contribution in [2.24, 2.45) is 5.73 Å². The summed E-state index contributed by atoms with van der Waals surface area (Å²) in [5, 5.41) is 10.1. The van der Waals surface area contributed by atoms with Crippen LogP contribution in [-0.4, -0.2) is 43.2 Å². The van der Waals surface area contributed by atoms with E-state index < -0.39 is 0 Å². The molecular weight excluding hydrogens is 238 g/mol. The highest BCUT2D eigenvalue weighted by Gasteiger charge is 2.15. The second-order valence-electron chi connectivity index (χ2n) is 5.43. The highest BCUT2D eigenvalue weighted by molar-refractivity contribution is 5.54. The lowest BCUT2D eigenvalue weighted by atomic mass is 10.1. The monoisotopic (exact) mass is 265 g/mol. The lowest BCUT2D eigenvalue weighted by Gasteiger charge is -2.32. The van der Waals surface area contributed by atoms with Crippen LogP contribution >= 0.6 is 0 Å². The Morgan fingerprint density at radius 1 is 1.26 bits per heavy atom. The van der Waals surface area contributed by atoms with Crippen LogP contribution in [0.1, 0.15) is 32.4 Å². The van der Waals surface area contributed by atoms with E-state index in [4.69, 9.17) is 5.73 Å². The van der Waals surface area contributed by atoms with E-state index in [2.05, 4.69) is 37.7 Å². The van der Waals surface area contributed by atoms with Crippen molar-refractivity contribution < 1.29 is 5.11 Å². The molecule has 0 fully saturated rings. The second-order valence-corrected chi connectivity index (χ2v) is 5.43. The highest BCUT2D eigenvalue weighted by Crippen LogP contribution is 2.29. The van der Waals surface area contributed by atoms with Crippen LogP contribution in [0.2, 0.25) is 0 Å². The standard InChI is InChI=1S/C15H27N3O/c1-6-18(11(2)10-17(4)5)13-7-8-14(12(3)16)15(19)9-13/h7-9,11-12,19H,6,10,16H2,1-5H3. The van der Waals surface area contributed by atoms with Gasteiger partial charge in [-0.05, 0) is 40.9 Å². The number of phenolic OH excluding ortho intramolecular Hbond substituents is 1. The molecule has 0 spiro atoms. The van der Waals surface area contributed by atoms with Crippen molar-refractivity contribution in [2.45, 2.75) is 32.9 Å². The molecule has 4 heteroatoms. The van der Waals surface area contributed by atoms with Crippen LogP contribution in [0, 0.1) is 0 Å². The fraction of sp³-hybridized carbons (Fsp3) is 0.600. The van der Waals surface area contributed by atoms with E-state index in [1.54, 1.807) is 0 Å². The number of anilines is 1. The van der Waals surface area contributed by atoms with E-state index in [1.807, 2.05) is 25.1 Å². The van der Waals surface area contributed by atoms with Gasteiger partial charge in [0.15, 0.2) is 0 Å². The maximum Gasteiger partial charge on any atom is 0.122 e. The van der Waals surface area contributed by atoms with Crippen LogP contribution in [0.3, 0.4) is 0 Å². The Hall–Kier alpha value is -1.26. The molecule has 0 aliphatic rings. The number of nitrogens with zero attached hydrogens (tertiary/aromatic N) is 2. The second kappa shape index (κ2) is 6.78. The van der Waals surface area contributed by atoms with Gasteiger partial charge < -0.3 is 20.6 Å². The molecule has 0 aliphatic carbocycles. The average molecular weight is 265 g/mol. The molecule has 1 rings (SSSR count). The van der Waals surface area contributed by atoms with Gasteiger partial charge in [0.1, 0.15) is 5.75 Å². The van der Waals surface area contributed by atoms with Crippen LogP contribution < -0.4 is 10.6 Å². The third kappa shape index (κ3) is 4.11. The Balaban J connectivity index is 2.96. The molecule has 0 heterocycles. The summed E-state index contributed by atoms with van der Waals surface area (Å²) in [6, 6.07) is 6.01. The third-order valence-corrected chi connectivity index (χ3v) is 3.34. The maximum atomic E-state index is 10.1. The predicted molar refractivity (Wildman–Crippen MR) is 81.7 cm³/mol. The molecule has 1 aromatic rings. The van der Waals surface area contributed by atoms with Crippen molar-refractivity contribution >= 4 is 5.69 Å². The molecule has 0 radical (unpaired) electrons. The van der Waals surface area contributed by atoms with E-state index in [0.29, 0.717) is 6.04 Å². The van der Waals surface area contributed by atoms with Gasteiger partial charge in [-0.1, -0.05) is 6.07 Å². The van der Waals surface area contributed by atoms with E-state index in [0.717, 1.165) is 24.3 Å². The summed E-state index contributed by atoms with van der Waals surface area (Å²) in [6.07, 6.45) is 0. The number of aromatic hydroxyl groups is 1. The highest BCUT2D eigenvalue weighted by atomic mass is 16.3. The zero-order chi connectivity index (χ0) is 14.6. The number of likely N-dealkylation sites (N-methyl/N-ethyl adjacent to an activating group) is 2. The van der Waals surface area contributed by atoms with Crippen LogP contribution in [0.5, 0.6) is 5.75 Å². The van der Waals surface area contributed by atoms with Gasteiger partial charge in [-0.15, -0.1) is 0 Å². The van der Waals surface area contributed by atoms with Gasteiger partial charge in [0.05, 0.1) is 0 Å². The Kier molecular flexibility index (Phi) is 5.63.